The van der Waals surface area contributed by atoms with Gasteiger partial charge in [0.05, 0.1) is 0 Å². The van der Waals surface area contributed by atoms with Crippen LogP contribution in [0.2, 0.25) is 0 Å². The summed E-state index contributed by atoms with van der Waals surface area (Å²) in [7, 11) is 5.71. The third kappa shape index (κ3) is 4.75. The Labute approximate surface area is 113 Å². The fourth-order valence-corrected chi connectivity index (χ4v) is 1.76. The van der Waals surface area contributed by atoms with Gasteiger partial charge >= 0.3 is 5.97 Å². The summed E-state index contributed by atoms with van der Waals surface area (Å²) in [5.74, 6) is -1.11. The molecule has 0 aliphatic carbocycles. The zero-order chi connectivity index (χ0) is 14.4. The van der Waals surface area contributed by atoms with Gasteiger partial charge in [-0.05, 0) is 39.2 Å². The number of amides is 1. The molecule has 0 fully saturated rings. The van der Waals surface area contributed by atoms with Crippen molar-refractivity contribution >= 4 is 11.9 Å². The molecule has 0 aliphatic heterocycles. The van der Waals surface area contributed by atoms with E-state index in [4.69, 9.17) is 5.11 Å². The first-order chi connectivity index (χ1) is 8.91. The summed E-state index contributed by atoms with van der Waals surface area (Å²) < 4.78 is 1.45. The minimum absolute atomic E-state index is 0.0626. The Morgan fingerprint density at radius 2 is 1.95 bits per heavy atom. The van der Waals surface area contributed by atoms with Gasteiger partial charge in [-0.25, -0.2) is 4.79 Å². The molecule has 0 unspecified atom stereocenters. The van der Waals surface area contributed by atoms with E-state index in [1.165, 1.54) is 10.6 Å². The Bertz CT molecular complexity index is 440. The van der Waals surface area contributed by atoms with Gasteiger partial charge < -0.3 is 19.5 Å². The van der Waals surface area contributed by atoms with Crippen molar-refractivity contribution in [3.8, 4) is 0 Å². The minimum atomic E-state index is -1.02. The molecule has 1 aromatic heterocycles. The molecule has 1 aromatic rings. The third-order valence-electron chi connectivity index (χ3n) is 2.88. The second-order valence-corrected chi connectivity index (χ2v) is 4.80. The Balaban J connectivity index is 2.49. The molecular weight excluding hydrogens is 246 g/mol. The second-order valence-electron chi connectivity index (χ2n) is 4.80. The van der Waals surface area contributed by atoms with E-state index < -0.39 is 5.97 Å². The van der Waals surface area contributed by atoms with Gasteiger partial charge in [0.1, 0.15) is 12.2 Å². The lowest BCUT2D eigenvalue weighted by Gasteiger charge is -2.19. The van der Waals surface area contributed by atoms with Crippen molar-refractivity contribution in [2.24, 2.45) is 0 Å². The minimum Gasteiger partial charge on any atom is -0.477 e. The van der Waals surface area contributed by atoms with Crippen molar-refractivity contribution in [1.82, 2.24) is 14.4 Å². The summed E-state index contributed by atoms with van der Waals surface area (Å²) in [6.07, 6.45) is 2.50. The van der Waals surface area contributed by atoms with Crippen LogP contribution >= 0.6 is 0 Å². The first kappa shape index (κ1) is 15.2. The van der Waals surface area contributed by atoms with Crippen LogP contribution in [0.4, 0.5) is 0 Å². The number of nitrogens with zero attached hydrogens (tertiary/aromatic N) is 3. The number of likely N-dealkylation sites (N-methyl/N-ethyl adjacent to an activating group) is 1. The molecule has 0 radical (unpaired) electrons. The van der Waals surface area contributed by atoms with E-state index in [9.17, 15) is 9.59 Å². The van der Waals surface area contributed by atoms with Crippen molar-refractivity contribution < 1.29 is 14.7 Å². The van der Waals surface area contributed by atoms with Gasteiger partial charge in [0.15, 0.2) is 0 Å². The SMILES string of the molecule is CN(C)CCCN(C)C(=O)Cn1cccc1C(=O)O. The van der Waals surface area contributed by atoms with E-state index in [0.29, 0.717) is 6.54 Å². The van der Waals surface area contributed by atoms with Crippen LogP contribution in [0.1, 0.15) is 16.9 Å². The summed E-state index contributed by atoms with van der Waals surface area (Å²) in [6, 6.07) is 3.12. The molecule has 6 heteroatoms. The maximum atomic E-state index is 12.0. The van der Waals surface area contributed by atoms with Crippen molar-refractivity contribution in [2.45, 2.75) is 13.0 Å². The molecule has 106 valence electrons. The zero-order valence-electron chi connectivity index (χ0n) is 11.7. The number of hydrogen-bond donors (Lipinski definition) is 1. The summed E-state index contributed by atoms with van der Waals surface area (Å²) in [6.45, 7) is 1.65. The Kier molecular flexibility index (Phi) is 5.57. The fraction of sp³-hybridized carbons (Fsp3) is 0.538. The van der Waals surface area contributed by atoms with E-state index in [0.717, 1.165) is 13.0 Å². The summed E-state index contributed by atoms with van der Waals surface area (Å²) >= 11 is 0. The monoisotopic (exact) mass is 267 g/mol. The van der Waals surface area contributed by atoms with E-state index in [1.54, 1.807) is 24.2 Å². The first-order valence-corrected chi connectivity index (χ1v) is 6.19. The smallest absolute Gasteiger partial charge is 0.352 e. The standard InChI is InChI=1S/C13H21N3O3/c1-14(2)7-5-8-15(3)12(17)10-16-9-4-6-11(16)13(18)19/h4,6,9H,5,7-8,10H2,1-3H3,(H,18,19). The summed E-state index contributed by atoms with van der Waals surface area (Å²) in [5.41, 5.74) is 0.134. The van der Waals surface area contributed by atoms with Crippen LogP contribution in [0.15, 0.2) is 18.3 Å². The van der Waals surface area contributed by atoms with Gasteiger partial charge in [-0.3, -0.25) is 4.79 Å². The molecule has 0 bridgehead atoms. The maximum Gasteiger partial charge on any atom is 0.352 e. The predicted molar refractivity (Wildman–Crippen MR) is 72.2 cm³/mol. The number of carbonyl (C=O) groups is 2. The molecule has 0 spiro atoms. The molecule has 0 aliphatic rings. The van der Waals surface area contributed by atoms with Gasteiger partial charge in [0.2, 0.25) is 5.91 Å². The van der Waals surface area contributed by atoms with E-state index in [-0.39, 0.29) is 18.1 Å². The van der Waals surface area contributed by atoms with Crippen LogP contribution in [-0.4, -0.2) is 65.6 Å². The molecule has 0 atom stereocenters. The van der Waals surface area contributed by atoms with Crippen molar-refractivity contribution in [3.05, 3.63) is 24.0 Å². The Morgan fingerprint density at radius 3 is 2.53 bits per heavy atom. The lowest BCUT2D eigenvalue weighted by molar-refractivity contribution is -0.130. The first-order valence-electron chi connectivity index (χ1n) is 6.19. The van der Waals surface area contributed by atoms with Crippen LogP contribution in [0.5, 0.6) is 0 Å². The summed E-state index contributed by atoms with van der Waals surface area (Å²) in [5, 5.41) is 8.96. The number of aromatic nitrogens is 1. The van der Waals surface area contributed by atoms with Crippen molar-refractivity contribution in [2.75, 3.05) is 34.2 Å². The molecule has 6 nitrogen and oxygen atoms in total. The number of rotatable bonds is 7. The highest BCUT2D eigenvalue weighted by molar-refractivity contribution is 5.86. The van der Waals surface area contributed by atoms with Gasteiger partial charge in [0, 0.05) is 19.8 Å². The highest BCUT2D eigenvalue weighted by Crippen LogP contribution is 2.03. The lowest BCUT2D eigenvalue weighted by atomic mass is 10.3. The van der Waals surface area contributed by atoms with Crippen LogP contribution in [0.3, 0.4) is 0 Å². The molecule has 0 saturated carbocycles. The fourth-order valence-electron chi connectivity index (χ4n) is 1.76. The molecule has 1 amide bonds. The van der Waals surface area contributed by atoms with Crippen LogP contribution in [0, 0.1) is 0 Å². The third-order valence-corrected chi connectivity index (χ3v) is 2.88. The van der Waals surface area contributed by atoms with E-state index in [2.05, 4.69) is 4.90 Å². The molecule has 0 aromatic carbocycles. The maximum absolute atomic E-state index is 12.0. The molecular formula is C13H21N3O3. The Morgan fingerprint density at radius 1 is 1.26 bits per heavy atom. The lowest BCUT2D eigenvalue weighted by Crippen LogP contribution is -2.33. The molecule has 1 rings (SSSR count). The van der Waals surface area contributed by atoms with Gasteiger partial charge in [-0.15, -0.1) is 0 Å². The quantitative estimate of drug-likeness (QED) is 0.785. The number of hydrogen-bond acceptors (Lipinski definition) is 3. The normalized spacial score (nSPS) is 10.7. The Hall–Kier alpha value is -1.82. The number of carboxylic acids is 1. The summed E-state index contributed by atoms with van der Waals surface area (Å²) in [4.78, 5) is 26.6. The van der Waals surface area contributed by atoms with Crippen LogP contribution < -0.4 is 0 Å². The molecule has 0 saturated heterocycles. The van der Waals surface area contributed by atoms with E-state index in [1.807, 2.05) is 14.1 Å². The van der Waals surface area contributed by atoms with Gasteiger partial charge in [-0.2, -0.15) is 0 Å². The van der Waals surface area contributed by atoms with Gasteiger partial charge in [-0.1, -0.05) is 0 Å². The van der Waals surface area contributed by atoms with Crippen LogP contribution in [0.25, 0.3) is 0 Å². The van der Waals surface area contributed by atoms with Crippen molar-refractivity contribution in [1.29, 1.82) is 0 Å². The average molecular weight is 267 g/mol. The molecule has 19 heavy (non-hydrogen) atoms. The van der Waals surface area contributed by atoms with Gasteiger partial charge in [0.25, 0.3) is 0 Å². The zero-order valence-corrected chi connectivity index (χ0v) is 11.7. The second kappa shape index (κ2) is 6.94. The average Bonchev–Trinajstić information content (AvgIpc) is 2.76. The molecule has 1 N–H and O–H groups in total. The van der Waals surface area contributed by atoms with Crippen LogP contribution in [-0.2, 0) is 11.3 Å². The highest BCUT2D eigenvalue weighted by atomic mass is 16.4. The number of carboxylic acid groups (broad SMARTS) is 1. The number of aromatic carboxylic acids is 1. The predicted octanol–water partition coefficient (Wildman–Crippen LogP) is 0.596. The molecule has 1 heterocycles. The van der Waals surface area contributed by atoms with Crippen molar-refractivity contribution in [3.63, 3.8) is 0 Å². The largest absolute Gasteiger partial charge is 0.477 e. The highest BCUT2D eigenvalue weighted by Gasteiger charge is 2.14. The van der Waals surface area contributed by atoms with E-state index >= 15 is 0 Å². The topological polar surface area (TPSA) is 65.8 Å². The number of carbonyl (C=O) groups excluding carboxylic acids is 1.